The van der Waals surface area contributed by atoms with Crippen molar-refractivity contribution in [2.24, 2.45) is 5.10 Å². The summed E-state index contributed by atoms with van der Waals surface area (Å²) in [6.07, 6.45) is 1.91. The van der Waals surface area contributed by atoms with Gasteiger partial charge in [0.15, 0.2) is 15.6 Å². The molecule has 0 saturated carbocycles. The molecule has 1 aromatic heterocycles. The molecular formula is C20H18Cl2N4O5S. The summed E-state index contributed by atoms with van der Waals surface area (Å²) in [7, 11) is -3.20. The van der Waals surface area contributed by atoms with Crippen molar-refractivity contribution in [2.45, 2.75) is 25.3 Å². The van der Waals surface area contributed by atoms with Crippen LogP contribution >= 0.6 is 23.2 Å². The van der Waals surface area contributed by atoms with Gasteiger partial charge in [-0.25, -0.2) is 18.4 Å². The van der Waals surface area contributed by atoms with Gasteiger partial charge in [0.2, 0.25) is 11.8 Å². The number of rotatable bonds is 5. The minimum atomic E-state index is -3.20. The van der Waals surface area contributed by atoms with Gasteiger partial charge in [-0.05, 0) is 24.6 Å². The first-order valence-corrected chi connectivity index (χ1v) is 12.3. The summed E-state index contributed by atoms with van der Waals surface area (Å²) >= 11 is 12.0. The van der Waals surface area contributed by atoms with Crippen molar-refractivity contribution in [1.82, 2.24) is 9.99 Å². The number of ether oxygens (including phenoxy) is 1. The molecule has 0 unspecified atom stereocenters. The SMILES string of the molecule is O=C(Nc1ccccc1Oc1ncc(Cl)cc1Cl)C1=NN([C@H]2CCS(=O)(=O)C2)C(=O)CC1. The van der Waals surface area contributed by atoms with Crippen LogP contribution < -0.4 is 10.1 Å². The molecule has 0 aliphatic carbocycles. The molecule has 3 heterocycles. The van der Waals surface area contributed by atoms with Gasteiger partial charge in [0.05, 0.1) is 28.3 Å². The number of hydrogen-bond acceptors (Lipinski definition) is 7. The molecule has 1 N–H and O–H groups in total. The number of hydrogen-bond donors (Lipinski definition) is 1. The van der Waals surface area contributed by atoms with E-state index >= 15 is 0 Å². The first kappa shape index (κ1) is 22.5. The maximum Gasteiger partial charge on any atom is 0.271 e. The topological polar surface area (TPSA) is 118 Å². The van der Waals surface area contributed by atoms with Gasteiger partial charge in [0.25, 0.3) is 5.91 Å². The normalized spacial score (nSPS) is 20.1. The van der Waals surface area contributed by atoms with Crippen molar-refractivity contribution >= 4 is 56.3 Å². The zero-order chi connectivity index (χ0) is 22.9. The Labute approximate surface area is 194 Å². The quantitative estimate of drug-likeness (QED) is 0.678. The van der Waals surface area contributed by atoms with Gasteiger partial charge in [0.1, 0.15) is 10.7 Å². The zero-order valence-electron chi connectivity index (χ0n) is 16.6. The number of hydrazone groups is 1. The molecule has 0 radical (unpaired) electrons. The highest BCUT2D eigenvalue weighted by Gasteiger charge is 2.37. The Balaban J connectivity index is 1.52. The average Bonchev–Trinajstić information content (AvgIpc) is 3.11. The van der Waals surface area contributed by atoms with Crippen LogP contribution in [0.5, 0.6) is 11.6 Å². The second-order valence-corrected chi connectivity index (χ2v) is 10.4. The molecule has 1 aromatic carbocycles. The number of sulfone groups is 1. The van der Waals surface area contributed by atoms with Crippen LogP contribution in [0.4, 0.5) is 5.69 Å². The molecule has 12 heteroatoms. The molecule has 9 nitrogen and oxygen atoms in total. The van der Waals surface area contributed by atoms with Crippen LogP contribution in [0, 0.1) is 0 Å². The predicted octanol–water partition coefficient (Wildman–Crippen LogP) is 3.28. The molecule has 1 atom stereocenters. The second-order valence-electron chi connectivity index (χ2n) is 7.33. The standard InChI is InChI=1S/C20H18Cl2N4O5S/c21-12-9-14(22)20(23-10-12)31-17-4-2-1-3-15(17)24-19(28)16-5-6-18(27)26(25-16)13-7-8-32(29,30)11-13/h1-4,9-10,13H,5-8,11H2,(H,24,28)/t13-/m0/s1. The van der Waals surface area contributed by atoms with Crippen molar-refractivity contribution in [3.05, 3.63) is 46.6 Å². The summed E-state index contributed by atoms with van der Waals surface area (Å²) in [5, 5.41) is 8.61. The van der Waals surface area contributed by atoms with Crippen LogP contribution in [-0.2, 0) is 19.4 Å². The van der Waals surface area contributed by atoms with Gasteiger partial charge in [-0.1, -0.05) is 35.3 Å². The van der Waals surface area contributed by atoms with Crippen LogP contribution in [0.1, 0.15) is 19.3 Å². The molecule has 1 fully saturated rings. The van der Waals surface area contributed by atoms with E-state index in [1.807, 2.05) is 0 Å². The first-order chi connectivity index (χ1) is 15.2. The summed E-state index contributed by atoms with van der Waals surface area (Å²) in [6, 6.07) is 7.62. The van der Waals surface area contributed by atoms with Gasteiger partial charge in [0, 0.05) is 19.0 Å². The maximum atomic E-state index is 12.9. The molecule has 168 valence electrons. The molecule has 4 rings (SSSR count). The summed E-state index contributed by atoms with van der Waals surface area (Å²) in [5.41, 5.74) is 0.478. The Morgan fingerprint density at radius 3 is 2.72 bits per heavy atom. The van der Waals surface area contributed by atoms with Crippen LogP contribution in [0.15, 0.2) is 41.6 Å². The molecule has 0 bridgehead atoms. The monoisotopic (exact) mass is 496 g/mol. The van der Waals surface area contributed by atoms with Crippen LogP contribution in [0.2, 0.25) is 10.0 Å². The molecule has 2 aliphatic heterocycles. The number of pyridine rings is 1. The maximum absolute atomic E-state index is 12.9. The predicted molar refractivity (Wildman–Crippen MR) is 120 cm³/mol. The van der Waals surface area contributed by atoms with E-state index in [4.69, 9.17) is 27.9 Å². The lowest BCUT2D eigenvalue weighted by Gasteiger charge is -2.27. The number of benzene rings is 1. The minimum Gasteiger partial charge on any atom is -0.435 e. The summed E-state index contributed by atoms with van der Waals surface area (Å²) in [6.45, 7) is 0. The lowest BCUT2D eigenvalue weighted by molar-refractivity contribution is -0.133. The Morgan fingerprint density at radius 1 is 1.22 bits per heavy atom. The fourth-order valence-electron chi connectivity index (χ4n) is 3.42. The number of carbonyl (C=O) groups is 2. The van der Waals surface area contributed by atoms with E-state index in [1.165, 1.54) is 12.3 Å². The van der Waals surface area contributed by atoms with E-state index in [0.717, 1.165) is 5.01 Å². The number of para-hydroxylation sites is 2. The number of anilines is 1. The van der Waals surface area contributed by atoms with E-state index in [1.54, 1.807) is 24.3 Å². The van der Waals surface area contributed by atoms with Gasteiger partial charge in [-0.2, -0.15) is 5.10 Å². The zero-order valence-corrected chi connectivity index (χ0v) is 19.0. The lowest BCUT2D eigenvalue weighted by Crippen LogP contribution is -2.42. The number of amides is 2. The van der Waals surface area contributed by atoms with E-state index < -0.39 is 21.8 Å². The minimum absolute atomic E-state index is 0.00447. The third-order valence-corrected chi connectivity index (χ3v) is 7.22. The number of nitrogens with zero attached hydrogens (tertiary/aromatic N) is 3. The Hall–Kier alpha value is -2.69. The van der Waals surface area contributed by atoms with E-state index in [2.05, 4.69) is 15.4 Å². The van der Waals surface area contributed by atoms with Crippen LogP contribution in [-0.4, -0.2) is 53.5 Å². The van der Waals surface area contributed by atoms with Crippen molar-refractivity contribution in [3.63, 3.8) is 0 Å². The van der Waals surface area contributed by atoms with Gasteiger partial charge < -0.3 is 10.1 Å². The van der Waals surface area contributed by atoms with E-state index in [0.29, 0.717) is 22.9 Å². The Bertz CT molecular complexity index is 1220. The highest BCUT2D eigenvalue weighted by Crippen LogP contribution is 2.33. The number of nitrogens with one attached hydrogen (secondary N) is 1. The van der Waals surface area contributed by atoms with Crippen molar-refractivity contribution in [3.8, 4) is 11.6 Å². The second kappa shape index (κ2) is 9.05. The highest BCUT2D eigenvalue weighted by atomic mass is 35.5. The first-order valence-electron chi connectivity index (χ1n) is 9.71. The summed E-state index contributed by atoms with van der Waals surface area (Å²) in [5.74, 6) is -0.547. The molecule has 0 spiro atoms. The van der Waals surface area contributed by atoms with Crippen LogP contribution in [0.25, 0.3) is 0 Å². The molecule has 2 aromatic rings. The molecular weight excluding hydrogens is 479 g/mol. The molecule has 32 heavy (non-hydrogen) atoms. The van der Waals surface area contributed by atoms with Crippen LogP contribution in [0.3, 0.4) is 0 Å². The Kier molecular flexibility index (Phi) is 6.36. The number of aromatic nitrogens is 1. The third-order valence-electron chi connectivity index (χ3n) is 4.99. The fraction of sp³-hybridized carbons (Fsp3) is 0.300. The van der Waals surface area contributed by atoms with Gasteiger partial charge >= 0.3 is 0 Å². The van der Waals surface area contributed by atoms with Gasteiger partial charge in [-0.3, -0.25) is 9.59 Å². The van der Waals surface area contributed by atoms with Crippen molar-refractivity contribution in [1.29, 1.82) is 0 Å². The largest absolute Gasteiger partial charge is 0.435 e. The summed E-state index contributed by atoms with van der Waals surface area (Å²) < 4.78 is 29.3. The van der Waals surface area contributed by atoms with Crippen molar-refractivity contribution in [2.75, 3.05) is 16.8 Å². The smallest absolute Gasteiger partial charge is 0.271 e. The molecule has 2 aliphatic rings. The van der Waals surface area contributed by atoms with Crippen molar-refractivity contribution < 1.29 is 22.7 Å². The van der Waals surface area contributed by atoms with Gasteiger partial charge in [-0.15, -0.1) is 0 Å². The third kappa shape index (κ3) is 5.03. The number of halogens is 2. The average molecular weight is 497 g/mol. The summed E-state index contributed by atoms with van der Waals surface area (Å²) in [4.78, 5) is 29.2. The lowest BCUT2D eigenvalue weighted by atomic mass is 10.1. The van der Waals surface area contributed by atoms with E-state index in [9.17, 15) is 18.0 Å². The Morgan fingerprint density at radius 2 is 2.00 bits per heavy atom. The number of carbonyl (C=O) groups excluding carboxylic acids is 2. The fourth-order valence-corrected chi connectivity index (χ4v) is 5.53. The van der Waals surface area contributed by atoms with E-state index in [-0.39, 0.29) is 46.9 Å². The highest BCUT2D eigenvalue weighted by molar-refractivity contribution is 7.91. The molecule has 2 amide bonds. The molecule has 1 saturated heterocycles.